The number of hydrogen-bond donors (Lipinski definition) is 1. The summed E-state index contributed by atoms with van der Waals surface area (Å²) in [6, 6.07) is 6.83. The first kappa shape index (κ1) is 11.9. The summed E-state index contributed by atoms with van der Waals surface area (Å²) < 4.78 is 0. The molecule has 1 unspecified atom stereocenters. The monoisotopic (exact) mass is 206 g/mol. The van der Waals surface area contributed by atoms with Crippen LogP contribution in [-0.2, 0) is 0 Å². The molecule has 1 rings (SSSR count). The molecule has 0 spiro atoms. The maximum Gasteiger partial charge on any atom is 0.0602 e. The average Bonchev–Trinajstić information content (AvgIpc) is 2.21. The van der Waals surface area contributed by atoms with Gasteiger partial charge in [0.1, 0.15) is 0 Å². The molecule has 1 aromatic carbocycles. The Morgan fingerprint density at radius 3 is 2.47 bits per heavy atom. The van der Waals surface area contributed by atoms with E-state index in [9.17, 15) is 0 Å². The Labute approximate surface area is 93.1 Å². The fraction of sp³-hybridized carbons (Fsp3) is 0.538. The highest BCUT2D eigenvalue weighted by Crippen LogP contribution is 2.26. The summed E-state index contributed by atoms with van der Waals surface area (Å²) in [4.78, 5) is 2.36. The predicted molar refractivity (Wildman–Crippen MR) is 68.4 cm³/mol. The van der Waals surface area contributed by atoms with Crippen LogP contribution in [0.2, 0.25) is 0 Å². The van der Waals surface area contributed by atoms with Gasteiger partial charge in [0, 0.05) is 12.6 Å². The SMILES string of the molecule is CCC(C)N(CC)c1ccc(C)cc1N. The summed E-state index contributed by atoms with van der Waals surface area (Å²) in [5, 5.41) is 0. The molecule has 0 amide bonds. The molecule has 0 radical (unpaired) electrons. The van der Waals surface area contributed by atoms with Crippen molar-refractivity contribution >= 4 is 11.4 Å². The average molecular weight is 206 g/mol. The molecule has 0 aliphatic heterocycles. The van der Waals surface area contributed by atoms with Crippen molar-refractivity contribution < 1.29 is 0 Å². The lowest BCUT2D eigenvalue weighted by atomic mass is 10.1. The van der Waals surface area contributed by atoms with Gasteiger partial charge in [0.2, 0.25) is 0 Å². The second-order valence-electron chi connectivity index (χ2n) is 4.11. The van der Waals surface area contributed by atoms with Crippen molar-refractivity contribution in [1.29, 1.82) is 0 Å². The van der Waals surface area contributed by atoms with Gasteiger partial charge in [-0.2, -0.15) is 0 Å². The third kappa shape index (κ3) is 2.65. The van der Waals surface area contributed by atoms with Crippen molar-refractivity contribution in [2.75, 3.05) is 17.2 Å². The molecule has 0 aliphatic carbocycles. The molecule has 0 saturated heterocycles. The Bertz CT molecular complexity index is 320. The first-order valence-electron chi connectivity index (χ1n) is 5.72. The highest BCUT2D eigenvalue weighted by molar-refractivity contribution is 5.68. The van der Waals surface area contributed by atoms with Crippen LogP contribution in [0.25, 0.3) is 0 Å². The molecule has 84 valence electrons. The molecule has 0 bridgehead atoms. The number of benzene rings is 1. The van der Waals surface area contributed by atoms with Gasteiger partial charge in [0.05, 0.1) is 11.4 Å². The minimum absolute atomic E-state index is 0.542. The Morgan fingerprint density at radius 1 is 1.33 bits per heavy atom. The normalized spacial score (nSPS) is 12.5. The topological polar surface area (TPSA) is 29.3 Å². The molecule has 2 N–H and O–H groups in total. The van der Waals surface area contributed by atoms with Crippen molar-refractivity contribution in [2.45, 2.75) is 40.2 Å². The van der Waals surface area contributed by atoms with E-state index < -0.39 is 0 Å². The van der Waals surface area contributed by atoms with Gasteiger partial charge in [-0.15, -0.1) is 0 Å². The summed E-state index contributed by atoms with van der Waals surface area (Å²) in [5.74, 6) is 0. The Hall–Kier alpha value is -1.18. The van der Waals surface area contributed by atoms with Crippen molar-refractivity contribution in [1.82, 2.24) is 0 Å². The van der Waals surface area contributed by atoms with E-state index in [1.807, 2.05) is 6.07 Å². The Morgan fingerprint density at radius 2 is 2.00 bits per heavy atom. The van der Waals surface area contributed by atoms with E-state index >= 15 is 0 Å². The van der Waals surface area contributed by atoms with Crippen molar-refractivity contribution in [3.05, 3.63) is 23.8 Å². The van der Waals surface area contributed by atoms with Gasteiger partial charge >= 0.3 is 0 Å². The smallest absolute Gasteiger partial charge is 0.0602 e. The molecule has 0 heterocycles. The number of aryl methyl sites for hydroxylation is 1. The van der Waals surface area contributed by atoms with E-state index in [1.165, 1.54) is 5.56 Å². The number of nitrogen functional groups attached to an aromatic ring is 1. The lowest BCUT2D eigenvalue weighted by Crippen LogP contribution is -2.32. The summed E-state index contributed by atoms with van der Waals surface area (Å²) in [7, 11) is 0. The van der Waals surface area contributed by atoms with Crippen LogP contribution in [0.3, 0.4) is 0 Å². The lowest BCUT2D eigenvalue weighted by molar-refractivity contribution is 0.630. The summed E-state index contributed by atoms with van der Waals surface area (Å²) in [6.45, 7) is 9.69. The van der Waals surface area contributed by atoms with Crippen LogP contribution in [0.15, 0.2) is 18.2 Å². The first-order chi connectivity index (χ1) is 7.10. The third-order valence-corrected chi connectivity index (χ3v) is 2.96. The molecule has 1 atom stereocenters. The molecule has 1 aromatic rings. The van der Waals surface area contributed by atoms with Crippen LogP contribution < -0.4 is 10.6 Å². The van der Waals surface area contributed by atoms with Crippen molar-refractivity contribution in [3.63, 3.8) is 0 Å². The zero-order valence-corrected chi connectivity index (χ0v) is 10.2. The molecule has 0 saturated carbocycles. The number of hydrogen-bond acceptors (Lipinski definition) is 2. The zero-order valence-electron chi connectivity index (χ0n) is 10.2. The second kappa shape index (κ2) is 5.06. The van der Waals surface area contributed by atoms with E-state index in [1.54, 1.807) is 0 Å². The minimum atomic E-state index is 0.542. The maximum absolute atomic E-state index is 6.05. The largest absolute Gasteiger partial charge is 0.397 e. The number of anilines is 2. The predicted octanol–water partition coefficient (Wildman–Crippen LogP) is 3.20. The maximum atomic E-state index is 6.05. The van der Waals surface area contributed by atoms with Gasteiger partial charge in [0.25, 0.3) is 0 Å². The highest BCUT2D eigenvalue weighted by atomic mass is 15.2. The highest BCUT2D eigenvalue weighted by Gasteiger charge is 2.13. The fourth-order valence-electron chi connectivity index (χ4n) is 1.88. The molecule has 0 aliphatic rings. The minimum Gasteiger partial charge on any atom is -0.397 e. The molecule has 2 nitrogen and oxygen atoms in total. The van der Waals surface area contributed by atoms with Crippen LogP contribution >= 0.6 is 0 Å². The van der Waals surface area contributed by atoms with Crippen LogP contribution in [0, 0.1) is 6.92 Å². The fourth-order valence-corrected chi connectivity index (χ4v) is 1.88. The van der Waals surface area contributed by atoms with E-state index in [-0.39, 0.29) is 0 Å². The van der Waals surface area contributed by atoms with E-state index in [4.69, 9.17) is 5.73 Å². The van der Waals surface area contributed by atoms with E-state index in [0.717, 1.165) is 24.3 Å². The van der Waals surface area contributed by atoms with Gasteiger partial charge in [0.15, 0.2) is 0 Å². The van der Waals surface area contributed by atoms with Crippen LogP contribution in [0.4, 0.5) is 11.4 Å². The van der Waals surface area contributed by atoms with E-state index in [0.29, 0.717) is 6.04 Å². The number of rotatable bonds is 4. The first-order valence-corrected chi connectivity index (χ1v) is 5.72. The molecule has 0 fully saturated rings. The molecular weight excluding hydrogens is 184 g/mol. The van der Waals surface area contributed by atoms with Crippen LogP contribution in [-0.4, -0.2) is 12.6 Å². The molecule has 0 aromatic heterocycles. The van der Waals surface area contributed by atoms with Gasteiger partial charge in [-0.05, 0) is 44.9 Å². The van der Waals surface area contributed by atoms with Crippen LogP contribution in [0.1, 0.15) is 32.8 Å². The Kier molecular flexibility index (Phi) is 4.01. The third-order valence-electron chi connectivity index (χ3n) is 2.96. The lowest BCUT2D eigenvalue weighted by Gasteiger charge is -2.30. The second-order valence-corrected chi connectivity index (χ2v) is 4.11. The summed E-state index contributed by atoms with van der Waals surface area (Å²) >= 11 is 0. The van der Waals surface area contributed by atoms with Gasteiger partial charge < -0.3 is 10.6 Å². The molecule has 2 heteroatoms. The van der Waals surface area contributed by atoms with Gasteiger partial charge in [-0.3, -0.25) is 0 Å². The summed E-state index contributed by atoms with van der Waals surface area (Å²) in [5.41, 5.74) is 9.32. The van der Waals surface area contributed by atoms with Crippen molar-refractivity contribution in [3.8, 4) is 0 Å². The van der Waals surface area contributed by atoms with Gasteiger partial charge in [-0.1, -0.05) is 13.0 Å². The number of nitrogens with zero attached hydrogens (tertiary/aromatic N) is 1. The van der Waals surface area contributed by atoms with Gasteiger partial charge in [-0.25, -0.2) is 0 Å². The van der Waals surface area contributed by atoms with Crippen LogP contribution in [0.5, 0.6) is 0 Å². The summed E-state index contributed by atoms with van der Waals surface area (Å²) in [6.07, 6.45) is 1.14. The van der Waals surface area contributed by atoms with Crippen molar-refractivity contribution in [2.24, 2.45) is 0 Å². The number of nitrogens with two attached hydrogens (primary N) is 1. The Balaban J connectivity index is 3.01. The molecule has 15 heavy (non-hydrogen) atoms. The quantitative estimate of drug-likeness (QED) is 0.766. The van der Waals surface area contributed by atoms with E-state index in [2.05, 4.69) is 44.7 Å². The zero-order chi connectivity index (χ0) is 11.4. The standard InChI is InChI=1S/C13H22N2/c1-5-11(4)15(6-2)13-8-7-10(3)9-12(13)14/h7-9,11H,5-6,14H2,1-4H3. The molecular formula is C13H22N2.